The number of anilines is 1. The monoisotopic (exact) mass is 345 g/mol. The fourth-order valence-corrected chi connectivity index (χ4v) is 4.14. The second-order valence-corrected chi connectivity index (χ2v) is 7.22. The molecule has 2 heterocycles. The van der Waals surface area contributed by atoms with Gasteiger partial charge in [-0.15, -0.1) is 4.57 Å². The number of aromatic nitrogens is 1. The molecule has 0 radical (unpaired) electrons. The topological polar surface area (TPSA) is 64.7 Å². The number of hydrogen-bond acceptors (Lipinski definition) is 4. The molecule has 0 saturated heterocycles. The molecule has 5 nitrogen and oxygen atoms in total. The molecule has 0 atom stereocenters. The SMILES string of the molecule is CCN1/C(=C/c2scc(O)[n+]2CC(=O)O)C(C)(C)c2ccccc21. The summed E-state index contributed by atoms with van der Waals surface area (Å²) in [7, 11) is 0. The number of carbonyl (C=O) groups is 1. The Balaban J connectivity index is 2.13. The number of para-hydroxylation sites is 1. The van der Waals surface area contributed by atoms with E-state index in [0.29, 0.717) is 0 Å². The largest absolute Gasteiger partial charge is 0.477 e. The van der Waals surface area contributed by atoms with Gasteiger partial charge in [0.2, 0.25) is 6.54 Å². The third-order valence-electron chi connectivity index (χ3n) is 4.50. The number of rotatable bonds is 4. The molecule has 1 aromatic heterocycles. The normalized spacial score (nSPS) is 17.3. The average Bonchev–Trinajstić information content (AvgIpc) is 2.97. The third-order valence-corrected chi connectivity index (χ3v) is 5.41. The summed E-state index contributed by atoms with van der Waals surface area (Å²) in [6, 6.07) is 8.32. The van der Waals surface area contributed by atoms with Crippen molar-refractivity contribution in [3.05, 3.63) is 45.9 Å². The zero-order valence-corrected chi connectivity index (χ0v) is 14.8. The van der Waals surface area contributed by atoms with Crippen molar-refractivity contribution in [2.75, 3.05) is 11.4 Å². The van der Waals surface area contributed by atoms with Gasteiger partial charge in [-0.25, -0.2) is 4.79 Å². The van der Waals surface area contributed by atoms with Gasteiger partial charge in [-0.1, -0.05) is 43.4 Å². The molecular formula is C18H21N2O3S+. The zero-order chi connectivity index (χ0) is 17.5. The molecule has 0 aliphatic carbocycles. The maximum absolute atomic E-state index is 11.1. The molecule has 0 bridgehead atoms. The van der Waals surface area contributed by atoms with Crippen molar-refractivity contribution >= 4 is 29.1 Å². The van der Waals surface area contributed by atoms with Gasteiger partial charge in [0.1, 0.15) is 5.38 Å². The molecule has 126 valence electrons. The van der Waals surface area contributed by atoms with Crippen molar-refractivity contribution in [1.29, 1.82) is 0 Å². The number of allylic oxidation sites excluding steroid dienone is 1. The molecule has 2 aromatic rings. The van der Waals surface area contributed by atoms with Crippen LogP contribution >= 0.6 is 11.3 Å². The molecule has 6 heteroatoms. The van der Waals surface area contributed by atoms with Crippen LogP contribution in [0.2, 0.25) is 0 Å². The van der Waals surface area contributed by atoms with Gasteiger partial charge in [0.25, 0.3) is 5.01 Å². The maximum Gasteiger partial charge on any atom is 0.377 e. The number of thiazole rings is 1. The van der Waals surface area contributed by atoms with Crippen LogP contribution in [0, 0.1) is 0 Å². The molecule has 24 heavy (non-hydrogen) atoms. The Morgan fingerprint density at radius 3 is 2.75 bits per heavy atom. The van der Waals surface area contributed by atoms with Crippen molar-refractivity contribution in [3.8, 4) is 5.88 Å². The predicted octanol–water partition coefficient (Wildman–Crippen LogP) is 2.98. The summed E-state index contributed by atoms with van der Waals surface area (Å²) in [5, 5.41) is 21.3. The van der Waals surface area contributed by atoms with Crippen molar-refractivity contribution in [2.45, 2.75) is 32.7 Å². The number of carboxylic acids is 1. The predicted molar refractivity (Wildman–Crippen MR) is 94.3 cm³/mol. The summed E-state index contributed by atoms with van der Waals surface area (Å²) in [5.41, 5.74) is 3.35. The first-order valence-electron chi connectivity index (χ1n) is 7.87. The van der Waals surface area contributed by atoms with Crippen LogP contribution in [0.5, 0.6) is 5.88 Å². The standard InChI is InChI=1S/C18H20N2O3S/c1-4-19-13-8-6-5-7-12(13)18(2,3)14(19)9-16-20(10-17(22)23)15(21)11-24-16/h5-9,11H,4,10H2,1-3H3,(H-,21,22,23)/p+1. The van der Waals surface area contributed by atoms with E-state index in [1.807, 2.05) is 18.2 Å². The molecule has 0 amide bonds. The van der Waals surface area contributed by atoms with E-state index in [9.17, 15) is 9.90 Å². The maximum atomic E-state index is 11.1. The Morgan fingerprint density at radius 2 is 2.08 bits per heavy atom. The second kappa shape index (κ2) is 5.94. The van der Waals surface area contributed by atoms with Gasteiger partial charge >= 0.3 is 11.8 Å². The van der Waals surface area contributed by atoms with Crippen molar-refractivity contribution in [1.82, 2.24) is 0 Å². The molecule has 3 rings (SSSR count). The van der Waals surface area contributed by atoms with Gasteiger partial charge in [-0.05, 0) is 18.6 Å². The Morgan fingerprint density at radius 1 is 1.38 bits per heavy atom. The van der Waals surface area contributed by atoms with Crippen LogP contribution in [-0.4, -0.2) is 22.7 Å². The summed E-state index contributed by atoms with van der Waals surface area (Å²) < 4.78 is 1.42. The minimum atomic E-state index is -0.977. The van der Waals surface area contributed by atoms with Gasteiger partial charge in [0.15, 0.2) is 0 Å². The Kier molecular flexibility index (Phi) is 4.09. The van der Waals surface area contributed by atoms with Crippen LogP contribution in [0.4, 0.5) is 5.69 Å². The summed E-state index contributed by atoms with van der Waals surface area (Å²) in [4.78, 5) is 13.3. The Hall–Kier alpha value is -2.34. The minimum Gasteiger partial charge on any atom is -0.477 e. The highest BCUT2D eigenvalue weighted by Crippen LogP contribution is 2.48. The lowest BCUT2D eigenvalue weighted by molar-refractivity contribution is -0.688. The van der Waals surface area contributed by atoms with Crippen LogP contribution in [0.1, 0.15) is 31.3 Å². The molecule has 0 unspecified atom stereocenters. The van der Waals surface area contributed by atoms with E-state index in [1.165, 1.54) is 27.2 Å². The van der Waals surface area contributed by atoms with E-state index >= 15 is 0 Å². The number of likely N-dealkylation sites (N-methyl/N-ethyl adjacent to an activating group) is 1. The van der Waals surface area contributed by atoms with E-state index in [0.717, 1.165) is 17.2 Å². The lowest BCUT2D eigenvalue weighted by Crippen LogP contribution is -2.39. The van der Waals surface area contributed by atoms with Crippen molar-refractivity contribution < 1.29 is 19.6 Å². The number of hydrogen-bond donors (Lipinski definition) is 2. The van der Waals surface area contributed by atoms with Crippen molar-refractivity contribution in [3.63, 3.8) is 0 Å². The summed E-state index contributed by atoms with van der Waals surface area (Å²) in [6.07, 6.45) is 2.00. The summed E-state index contributed by atoms with van der Waals surface area (Å²) in [6.45, 7) is 7.00. The smallest absolute Gasteiger partial charge is 0.377 e. The van der Waals surface area contributed by atoms with E-state index in [4.69, 9.17) is 5.11 Å². The Labute approximate surface area is 145 Å². The number of nitrogens with zero attached hydrogens (tertiary/aromatic N) is 2. The molecular weight excluding hydrogens is 324 g/mol. The van der Waals surface area contributed by atoms with Crippen molar-refractivity contribution in [2.24, 2.45) is 0 Å². The highest BCUT2D eigenvalue weighted by molar-refractivity contribution is 7.10. The highest BCUT2D eigenvalue weighted by atomic mass is 32.1. The van der Waals surface area contributed by atoms with E-state index < -0.39 is 5.97 Å². The fraction of sp³-hybridized carbons (Fsp3) is 0.333. The van der Waals surface area contributed by atoms with Crippen LogP contribution < -0.4 is 9.47 Å². The summed E-state index contributed by atoms with van der Waals surface area (Å²) >= 11 is 1.34. The highest BCUT2D eigenvalue weighted by Gasteiger charge is 2.40. The number of fused-ring (bicyclic) bond motifs is 1. The lowest BCUT2D eigenvalue weighted by Gasteiger charge is -2.25. The first kappa shape index (κ1) is 16.5. The number of benzene rings is 1. The number of carboxylic acid groups (broad SMARTS) is 1. The first-order chi connectivity index (χ1) is 11.4. The van der Waals surface area contributed by atoms with Gasteiger partial charge < -0.3 is 15.1 Å². The quantitative estimate of drug-likeness (QED) is 0.836. The number of aliphatic carboxylic acids is 1. The van der Waals surface area contributed by atoms with E-state index in [-0.39, 0.29) is 17.8 Å². The molecule has 0 saturated carbocycles. The van der Waals surface area contributed by atoms with Crippen LogP contribution in [0.3, 0.4) is 0 Å². The molecule has 1 aliphatic heterocycles. The summed E-state index contributed by atoms with van der Waals surface area (Å²) in [5.74, 6) is -1.000. The second-order valence-electron chi connectivity index (χ2n) is 6.33. The molecule has 1 aromatic carbocycles. The zero-order valence-electron chi connectivity index (χ0n) is 14.0. The fourth-order valence-electron chi connectivity index (χ4n) is 3.32. The van der Waals surface area contributed by atoms with Crippen LogP contribution in [0.15, 0.2) is 35.3 Å². The van der Waals surface area contributed by atoms with Crippen LogP contribution in [0.25, 0.3) is 6.08 Å². The molecule has 1 aliphatic rings. The third kappa shape index (κ3) is 2.57. The van der Waals surface area contributed by atoms with Crippen LogP contribution in [-0.2, 0) is 16.8 Å². The molecule has 2 N–H and O–H groups in total. The number of aromatic hydroxyl groups is 1. The Bertz CT molecular complexity index is 823. The van der Waals surface area contributed by atoms with Gasteiger partial charge in [-0.3, -0.25) is 0 Å². The molecule has 0 fully saturated rings. The van der Waals surface area contributed by atoms with E-state index in [2.05, 4.69) is 37.8 Å². The van der Waals surface area contributed by atoms with Gasteiger partial charge in [0, 0.05) is 29.4 Å². The molecule has 0 spiro atoms. The van der Waals surface area contributed by atoms with Gasteiger partial charge in [-0.2, -0.15) is 0 Å². The lowest BCUT2D eigenvalue weighted by atomic mass is 9.84. The minimum absolute atomic E-state index is 0.0226. The average molecular weight is 345 g/mol. The first-order valence-corrected chi connectivity index (χ1v) is 8.75. The van der Waals surface area contributed by atoms with E-state index in [1.54, 1.807) is 5.38 Å². The van der Waals surface area contributed by atoms with Gasteiger partial charge in [0.05, 0.1) is 0 Å².